The topological polar surface area (TPSA) is 93.4 Å². The number of rotatable bonds is 2. The lowest BCUT2D eigenvalue weighted by atomic mass is 9.82. The third kappa shape index (κ3) is 3.40. The number of allylic oxidation sites excluding steroid dienone is 3. The van der Waals surface area contributed by atoms with Crippen molar-refractivity contribution in [3.8, 4) is 0 Å². The summed E-state index contributed by atoms with van der Waals surface area (Å²) in [6, 6.07) is 2.62. The molecular weight excluding hydrogens is 320 g/mol. The first kappa shape index (κ1) is 16.8. The van der Waals surface area contributed by atoms with Gasteiger partial charge in [0, 0.05) is 30.8 Å². The van der Waals surface area contributed by atoms with Gasteiger partial charge in [0.1, 0.15) is 0 Å². The third-order valence-corrected chi connectivity index (χ3v) is 4.10. The molecule has 7 nitrogen and oxygen atoms in total. The number of aliphatic imine (C=N–C) groups is 1. The maximum Gasteiger partial charge on any atom is 0.297 e. The van der Waals surface area contributed by atoms with Gasteiger partial charge < -0.3 is 5.32 Å². The van der Waals surface area contributed by atoms with Crippen LogP contribution in [0, 0.1) is 11.8 Å². The molecule has 1 unspecified atom stereocenters. The number of carbonyl (C=O) groups excluding carboxylic acids is 2. The van der Waals surface area contributed by atoms with Crippen molar-refractivity contribution in [3.05, 3.63) is 63.8 Å². The highest BCUT2D eigenvalue weighted by Gasteiger charge is 2.27. The van der Waals surface area contributed by atoms with Gasteiger partial charge in [-0.05, 0) is 29.7 Å². The first-order valence-corrected chi connectivity index (χ1v) is 7.95. The van der Waals surface area contributed by atoms with E-state index < -0.39 is 5.91 Å². The minimum atomic E-state index is -0.549. The highest BCUT2D eigenvalue weighted by atomic mass is 16.2. The molecular formula is C18H18N4O3. The molecule has 1 N–H and O–H groups in total. The molecule has 1 aromatic rings. The van der Waals surface area contributed by atoms with E-state index in [1.54, 1.807) is 18.2 Å². The summed E-state index contributed by atoms with van der Waals surface area (Å²) in [6.07, 6.45) is 6.99. The summed E-state index contributed by atoms with van der Waals surface area (Å²) in [7, 11) is 1.47. The van der Waals surface area contributed by atoms with Crippen LogP contribution < -0.4 is 10.9 Å². The Labute approximate surface area is 144 Å². The van der Waals surface area contributed by atoms with Gasteiger partial charge in [0.15, 0.2) is 5.69 Å². The zero-order valence-electron chi connectivity index (χ0n) is 14.2. The van der Waals surface area contributed by atoms with Gasteiger partial charge in [0.2, 0.25) is 5.91 Å². The standard InChI is InChI=1S/C18H18N4O3/c1-10(2)13-9-16(23)20-15-8-11(4-5-12(13)15)19-18(25)14-6-7-17(24)22(3)21-14/h4-10,12H,1-3H3,(H,20,23). The number of nitrogens with one attached hydrogen (secondary N) is 1. The van der Waals surface area contributed by atoms with Crippen LogP contribution in [0.5, 0.6) is 0 Å². The summed E-state index contributed by atoms with van der Waals surface area (Å²) in [4.78, 5) is 39.5. The van der Waals surface area contributed by atoms with Gasteiger partial charge in [-0.15, -0.1) is 0 Å². The van der Waals surface area contributed by atoms with E-state index in [-0.39, 0.29) is 29.0 Å². The van der Waals surface area contributed by atoms with Gasteiger partial charge in [0.25, 0.3) is 11.5 Å². The summed E-state index contributed by atoms with van der Waals surface area (Å²) in [5.74, 6) is -0.499. The normalized spacial score (nSPS) is 20.9. The minimum Gasteiger partial charge on any atom is -0.325 e. The number of fused-ring (bicyclic) bond motifs is 1. The third-order valence-electron chi connectivity index (χ3n) is 4.10. The summed E-state index contributed by atoms with van der Waals surface area (Å²) >= 11 is 0. The Balaban J connectivity index is 1.89. The minimum absolute atomic E-state index is 0.0116. The summed E-state index contributed by atoms with van der Waals surface area (Å²) in [6.45, 7) is 4.07. The largest absolute Gasteiger partial charge is 0.325 e. The predicted octanol–water partition coefficient (Wildman–Crippen LogP) is 1.14. The van der Waals surface area contributed by atoms with Crippen LogP contribution in [-0.2, 0) is 11.8 Å². The number of aromatic nitrogens is 2. The van der Waals surface area contributed by atoms with E-state index in [1.807, 2.05) is 19.9 Å². The van der Waals surface area contributed by atoms with Gasteiger partial charge in [-0.3, -0.25) is 14.4 Å². The molecule has 3 rings (SSSR count). The van der Waals surface area contributed by atoms with Crippen molar-refractivity contribution >= 4 is 17.5 Å². The second-order valence-electron chi connectivity index (χ2n) is 6.25. The smallest absolute Gasteiger partial charge is 0.297 e. The Morgan fingerprint density at radius 2 is 2.04 bits per heavy atom. The monoisotopic (exact) mass is 338 g/mol. The molecule has 1 aliphatic heterocycles. The van der Waals surface area contributed by atoms with Crippen LogP contribution >= 0.6 is 0 Å². The lowest BCUT2D eigenvalue weighted by molar-refractivity contribution is -0.116. The molecule has 128 valence electrons. The van der Waals surface area contributed by atoms with Crippen LogP contribution in [0.2, 0.25) is 0 Å². The van der Waals surface area contributed by atoms with E-state index in [9.17, 15) is 14.4 Å². The van der Waals surface area contributed by atoms with E-state index in [1.165, 1.54) is 19.2 Å². The molecule has 0 saturated carbocycles. The summed E-state index contributed by atoms with van der Waals surface area (Å²) in [5.41, 5.74) is 1.94. The first-order valence-electron chi connectivity index (χ1n) is 7.95. The lowest BCUT2D eigenvalue weighted by Gasteiger charge is -2.29. The average Bonchev–Trinajstić information content (AvgIpc) is 2.56. The van der Waals surface area contributed by atoms with Crippen LogP contribution in [0.1, 0.15) is 24.3 Å². The van der Waals surface area contributed by atoms with Crippen LogP contribution in [-0.4, -0.2) is 27.3 Å². The van der Waals surface area contributed by atoms with Gasteiger partial charge in [-0.25, -0.2) is 9.67 Å². The maximum absolute atomic E-state index is 12.2. The van der Waals surface area contributed by atoms with Crippen molar-refractivity contribution in [2.45, 2.75) is 13.8 Å². The van der Waals surface area contributed by atoms with Gasteiger partial charge in [-0.1, -0.05) is 19.9 Å². The average molecular weight is 338 g/mol. The molecule has 2 amide bonds. The molecule has 0 aromatic carbocycles. The molecule has 25 heavy (non-hydrogen) atoms. The molecule has 0 radical (unpaired) electrons. The molecule has 1 atom stereocenters. The van der Waals surface area contributed by atoms with E-state index in [2.05, 4.69) is 15.4 Å². The Hall–Kier alpha value is -3.09. The molecule has 1 aliphatic carbocycles. The van der Waals surface area contributed by atoms with Gasteiger partial charge >= 0.3 is 0 Å². The SMILES string of the molecule is CC(C)C1=CC(=O)NC2=CC(=NC(=O)c3ccc(=O)n(C)n3)C=CC21. The number of aryl methyl sites for hydroxylation is 1. The van der Waals surface area contributed by atoms with E-state index in [0.717, 1.165) is 10.3 Å². The molecule has 0 fully saturated rings. The van der Waals surface area contributed by atoms with E-state index in [4.69, 9.17) is 0 Å². The lowest BCUT2D eigenvalue weighted by Crippen LogP contribution is -2.34. The fraction of sp³-hybridized carbons (Fsp3) is 0.278. The Bertz CT molecular complexity index is 932. The van der Waals surface area contributed by atoms with Crippen molar-refractivity contribution in [2.24, 2.45) is 23.9 Å². The molecule has 0 spiro atoms. The first-order chi connectivity index (χ1) is 11.8. The van der Waals surface area contributed by atoms with Crippen LogP contribution in [0.25, 0.3) is 0 Å². The van der Waals surface area contributed by atoms with Crippen LogP contribution in [0.3, 0.4) is 0 Å². The van der Waals surface area contributed by atoms with E-state index in [0.29, 0.717) is 11.4 Å². The highest BCUT2D eigenvalue weighted by molar-refractivity contribution is 6.13. The van der Waals surface area contributed by atoms with Crippen molar-refractivity contribution in [1.29, 1.82) is 0 Å². The maximum atomic E-state index is 12.2. The molecule has 7 heteroatoms. The Morgan fingerprint density at radius 3 is 2.72 bits per heavy atom. The predicted molar refractivity (Wildman–Crippen MR) is 93.0 cm³/mol. The summed E-state index contributed by atoms with van der Waals surface area (Å²) < 4.78 is 1.08. The second-order valence-corrected chi connectivity index (χ2v) is 6.25. The quantitative estimate of drug-likeness (QED) is 0.875. The Kier molecular flexibility index (Phi) is 4.31. The van der Waals surface area contributed by atoms with Crippen molar-refractivity contribution < 1.29 is 9.59 Å². The van der Waals surface area contributed by atoms with Crippen LogP contribution in [0.4, 0.5) is 0 Å². The van der Waals surface area contributed by atoms with Crippen molar-refractivity contribution in [1.82, 2.24) is 15.1 Å². The number of hydrogen-bond donors (Lipinski definition) is 1. The van der Waals surface area contributed by atoms with Crippen LogP contribution in [0.15, 0.2) is 57.5 Å². The van der Waals surface area contributed by atoms with Crippen molar-refractivity contribution in [3.63, 3.8) is 0 Å². The summed E-state index contributed by atoms with van der Waals surface area (Å²) in [5, 5.41) is 6.69. The Morgan fingerprint density at radius 1 is 1.28 bits per heavy atom. The van der Waals surface area contributed by atoms with E-state index >= 15 is 0 Å². The zero-order valence-corrected chi connectivity index (χ0v) is 14.2. The fourth-order valence-corrected chi connectivity index (χ4v) is 2.81. The number of hydrogen-bond acceptors (Lipinski definition) is 4. The zero-order chi connectivity index (χ0) is 18.1. The molecule has 2 aliphatic rings. The van der Waals surface area contributed by atoms with Crippen molar-refractivity contribution in [2.75, 3.05) is 0 Å². The molecule has 0 saturated heterocycles. The second kappa shape index (κ2) is 6.43. The highest BCUT2D eigenvalue weighted by Crippen LogP contribution is 2.31. The number of nitrogens with zero attached hydrogens (tertiary/aromatic N) is 3. The van der Waals surface area contributed by atoms with Gasteiger partial charge in [-0.2, -0.15) is 5.10 Å². The number of amides is 2. The molecule has 1 aromatic heterocycles. The fourth-order valence-electron chi connectivity index (χ4n) is 2.81. The van der Waals surface area contributed by atoms with Gasteiger partial charge in [0.05, 0.1) is 5.71 Å². The number of carbonyl (C=O) groups is 2. The molecule has 0 bridgehead atoms. The molecule has 2 heterocycles.